The Bertz CT molecular complexity index is 1040. The van der Waals surface area contributed by atoms with Crippen LogP contribution >= 0.6 is 15.9 Å². The number of amides is 2. The average molecular weight is 471 g/mol. The molecule has 28 heavy (non-hydrogen) atoms. The van der Waals surface area contributed by atoms with Crippen LogP contribution in [-0.2, 0) is 41.0 Å². The molecular weight excluding hydrogens is 451 g/mol. The largest absolute Gasteiger partial charge is 0.447 e. The molecule has 1 heterocycles. The van der Waals surface area contributed by atoms with E-state index < -0.39 is 16.1 Å². The lowest BCUT2D eigenvalue weighted by Gasteiger charge is -2.17. The lowest BCUT2D eigenvalue weighted by molar-refractivity contribution is 0.256. The SMILES string of the molecule is Cc1cc(S(=O)(=O)NC(=O)Nc2c3c(c(F)c4c2CCC4)CCC3)oc1CBr. The molecule has 2 amide bonds. The predicted molar refractivity (Wildman–Crippen MR) is 106 cm³/mol. The number of furan rings is 1. The fourth-order valence-corrected chi connectivity index (χ4v) is 5.60. The Morgan fingerprint density at radius 2 is 1.71 bits per heavy atom. The lowest BCUT2D eigenvalue weighted by atomic mass is 9.98. The molecule has 4 rings (SSSR count). The standard InChI is InChI=1S/C19H20BrFN2O4S/c1-10-8-16(27-15(10)9-20)28(25,26)23-19(24)22-18-13-6-2-4-11(13)17(21)12-5-3-7-14(12)18/h8H,2-7,9H2,1H3,(H2,22,23,24). The van der Waals surface area contributed by atoms with Gasteiger partial charge in [-0.1, -0.05) is 15.9 Å². The highest BCUT2D eigenvalue weighted by Gasteiger charge is 2.31. The molecule has 0 fully saturated rings. The molecule has 150 valence electrons. The number of urea groups is 1. The van der Waals surface area contributed by atoms with Gasteiger partial charge in [0.1, 0.15) is 11.6 Å². The van der Waals surface area contributed by atoms with E-state index in [0.717, 1.165) is 24.0 Å². The monoisotopic (exact) mass is 470 g/mol. The summed E-state index contributed by atoms with van der Waals surface area (Å²) >= 11 is 3.23. The van der Waals surface area contributed by atoms with Gasteiger partial charge in [-0.05, 0) is 73.3 Å². The van der Waals surface area contributed by atoms with Gasteiger partial charge in [0.15, 0.2) is 0 Å². The second kappa shape index (κ2) is 7.18. The highest BCUT2D eigenvalue weighted by atomic mass is 79.9. The highest BCUT2D eigenvalue weighted by molar-refractivity contribution is 9.08. The number of benzene rings is 1. The summed E-state index contributed by atoms with van der Waals surface area (Å²) in [6, 6.07) is 0.503. The number of halogens is 2. The zero-order chi connectivity index (χ0) is 20.1. The van der Waals surface area contributed by atoms with E-state index in [4.69, 9.17) is 4.42 Å². The number of fused-ring (bicyclic) bond motifs is 2. The molecular formula is C19H20BrFN2O4S. The maximum Gasteiger partial charge on any atom is 0.333 e. The second-order valence-electron chi connectivity index (χ2n) is 7.18. The minimum atomic E-state index is -4.15. The molecule has 0 aliphatic heterocycles. The fourth-order valence-electron chi connectivity index (χ4n) is 4.10. The Labute approximate surface area is 171 Å². The summed E-state index contributed by atoms with van der Waals surface area (Å²) in [7, 11) is -4.15. The number of alkyl halides is 1. The summed E-state index contributed by atoms with van der Waals surface area (Å²) in [5, 5.41) is 2.74. The van der Waals surface area contributed by atoms with E-state index in [9.17, 15) is 17.6 Å². The molecule has 2 aliphatic rings. The van der Waals surface area contributed by atoms with Gasteiger partial charge in [0.25, 0.3) is 10.0 Å². The molecule has 2 N–H and O–H groups in total. The van der Waals surface area contributed by atoms with Gasteiger partial charge in [-0.3, -0.25) is 0 Å². The smallest absolute Gasteiger partial charge is 0.333 e. The molecule has 2 aromatic rings. The van der Waals surface area contributed by atoms with Crippen LogP contribution in [0.3, 0.4) is 0 Å². The van der Waals surface area contributed by atoms with E-state index in [0.29, 0.717) is 59.2 Å². The summed E-state index contributed by atoms with van der Waals surface area (Å²) in [5.74, 6) is 0.335. The zero-order valence-electron chi connectivity index (χ0n) is 15.3. The third-order valence-corrected chi connectivity index (χ3v) is 7.11. The number of aryl methyl sites for hydroxylation is 1. The molecule has 0 radical (unpaired) electrons. The second-order valence-corrected chi connectivity index (χ2v) is 9.35. The van der Waals surface area contributed by atoms with Gasteiger partial charge in [0.05, 0.1) is 5.33 Å². The first-order valence-electron chi connectivity index (χ1n) is 9.16. The third-order valence-electron chi connectivity index (χ3n) is 5.42. The summed E-state index contributed by atoms with van der Waals surface area (Å²) < 4.78 is 47.0. The van der Waals surface area contributed by atoms with Crippen LogP contribution in [0.15, 0.2) is 15.6 Å². The molecule has 1 aromatic carbocycles. The van der Waals surface area contributed by atoms with Crippen LogP contribution < -0.4 is 10.0 Å². The number of hydrogen-bond donors (Lipinski definition) is 2. The fraction of sp³-hybridized carbons (Fsp3) is 0.421. The molecule has 0 unspecified atom stereocenters. The van der Waals surface area contributed by atoms with Crippen LogP contribution in [0.2, 0.25) is 0 Å². The number of carbonyl (C=O) groups is 1. The summed E-state index contributed by atoms with van der Waals surface area (Å²) in [6.45, 7) is 1.73. The predicted octanol–water partition coefficient (Wildman–Crippen LogP) is 4.11. The third kappa shape index (κ3) is 3.24. The number of carbonyl (C=O) groups excluding carboxylic acids is 1. The maximum atomic E-state index is 14.7. The van der Waals surface area contributed by atoms with Crippen molar-refractivity contribution in [3.63, 3.8) is 0 Å². The van der Waals surface area contributed by atoms with E-state index in [1.165, 1.54) is 6.07 Å². The van der Waals surface area contributed by atoms with E-state index >= 15 is 0 Å². The molecule has 9 heteroatoms. The summed E-state index contributed by atoms with van der Waals surface area (Å²) in [5.41, 5.74) is 4.14. The summed E-state index contributed by atoms with van der Waals surface area (Å²) in [6.07, 6.45) is 4.28. The van der Waals surface area contributed by atoms with Crippen molar-refractivity contribution in [2.75, 3.05) is 5.32 Å². The first-order chi connectivity index (χ1) is 13.3. The molecule has 0 saturated carbocycles. The van der Waals surface area contributed by atoms with Crippen molar-refractivity contribution in [3.05, 3.63) is 45.5 Å². The topological polar surface area (TPSA) is 88.4 Å². The van der Waals surface area contributed by atoms with Crippen LogP contribution in [-0.4, -0.2) is 14.4 Å². The van der Waals surface area contributed by atoms with Crippen molar-refractivity contribution in [2.24, 2.45) is 0 Å². The first-order valence-corrected chi connectivity index (χ1v) is 11.8. The average Bonchev–Trinajstić information content (AvgIpc) is 3.37. The molecule has 2 aliphatic carbocycles. The molecule has 0 bridgehead atoms. The maximum absolute atomic E-state index is 14.7. The molecule has 0 spiro atoms. The Hall–Kier alpha value is -1.87. The van der Waals surface area contributed by atoms with Crippen molar-refractivity contribution < 1.29 is 22.0 Å². The normalized spacial score (nSPS) is 15.4. The Morgan fingerprint density at radius 1 is 1.14 bits per heavy atom. The number of hydrogen-bond acceptors (Lipinski definition) is 4. The van der Waals surface area contributed by atoms with Gasteiger partial charge in [-0.25, -0.2) is 13.9 Å². The van der Waals surface area contributed by atoms with Crippen LogP contribution in [0.1, 0.15) is 46.4 Å². The van der Waals surface area contributed by atoms with Crippen LogP contribution in [0, 0.1) is 12.7 Å². The Kier molecular flexibility index (Phi) is 4.99. The molecule has 1 aromatic heterocycles. The van der Waals surface area contributed by atoms with Gasteiger partial charge in [0.2, 0.25) is 5.09 Å². The van der Waals surface area contributed by atoms with E-state index in [-0.39, 0.29) is 10.9 Å². The van der Waals surface area contributed by atoms with Crippen LogP contribution in [0.4, 0.5) is 14.9 Å². The number of nitrogens with one attached hydrogen (secondary N) is 2. The van der Waals surface area contributed by atoms with Crippen molar-refractivity contribution in [2.45, 2.75) is 55.9 Å². The molecule has 0 atom stereocenters. The van der Waals surface area contributed by atoms with Crippen LogP contribution in [0.5, 0.6) is 0 Å². The number of rotatable bonds is 4. The van der Waals surface area contributed by atoms with Gasteiger partial charge >= 0.3 is 6.03 Å². The van der Waals surface area contributed by atoms with Gasteiger partial charge in [-0.2, -0.15) is 8.42 Å². The first kappa shape index (κ1) is 19.4. The van der Waals surface area contributed by atoms with Gasteiger partial charge in [0, 0.05) is 11.8 Å². The van der Waals surface area contributed by atoms with E-state index in [2.05, 4.69) is 21.2 Å². The van der Waals surface area contributed by atoms with Crippen molar-refractivity contribution >= 4 is 37.7 Å². The minimum Gasteiger partial charge on any atom is -0.447 e. The van der Waals surface area contributed by atoms with Gasteiger partial charge in [-0.15, -0.1) is 0 Å². The zero-order valence-corrected chi connectivity index (χ0v) is 17.7. The van der Waals surface area contributed by atoms with E-state index in [1.807, 2.05) is 4.72 Å². The quantitative estimate of drug-likeness (QED) is 0.657. The van der Waals surface area contributed by atoms with Gasteiger partial charge < -0.3 is 9.73 Å². The van der Waals surface area contributed by atoms with Crippen molar-refractivity contribution in [3.8, 4) is 0 Å². The summed E-state index contributed by atoms with van der Waals surface area (Å²) in [4.78, 5) is 12.5. The Morgan fingerprint density at radius 3 is 2.25 bits per heavy atom. The van der Waals surface area contributed by atoms with Crippen molar-refractivity contribution in [1.29, 1.82) is 0 Å². The van der Waals surface area contributed by atoms with Crippen LogP contribution in [0.25, 0.3) is 0 Å². The van der Waals surface area contributed by atoms with E-state index in [1.54, 1.807) is 6.92 Å². The highest BCUT2D eigenvalue weighted by Crippen LogP contribution is 2.40. The molecule has 0 saturated heterocycles. The minimum absolute atomic E-state index is 0.146. The number of sulfonamides is 1. The molecule has 6 nitrogen and oxygen atoms in total. The number of anilines is 1. The van der Waals surface area contributed by atoms with Crippen molar-refractivity contribution in [1.82, 2.24) is 4.72 Å². The lowest BCUT2D eigenvalue weighted by Crippen LogP contribution is -2.34. The Balaban J connectivity index is 1.61.